The van der Waals surface area contributed by atoms with Crippen molar-refractivity contribution in [2.24, 2.45) is 0 Å². The standard InChI is InChI=1S/C24H23N3O2S2/c1-16-7-8-20-17(12-16)13-18(22(25-20)26-9-3-2-4-10-26)14-21-23(28)27(24(30)31-21)15-19-6-5-11-29-19/h5-8,11-14H,2-4,9-10,15H2,1H3/b21-14-. The molecule has 0 unspecified atom stereocenters. The van der Waals surface area contributed by atoms with Crippen LogP contribution in [0.1, 0.15) is 36.1 Å². The van der Waals surface area contributed by atoms with Crippen molar-refractivity contribution >= 4 is 57.0 Å². The maximum atomic E-state index is 13.1. The largest absolute Gasteiger partial charge is 0.467 e. The number of thiocarbonyl (C=S) groups is 1. The van der Waals surface area contributed by atoms with Gasteiger partial charge in [0.2, 0.25) is 0 Å². The van der Waals surface area contributed by atoms with E-state index in [1.807, 2.05) is 18.2 Å². The van der Waals surface area contributed by atoms with Crippen LogP contribution in [0.5, 0.6) is 0 Å². The number of benzene rings is 1. The van der Waals surface area contributed by atoms with Gasteiger partial charge in [0.25, 0.3) is 5.91 Å². The molecule has 2 aliphatic rings. The van der Waals surface area contributed by atoms with Crippen molar-refractivity contribution in [1.82, 2.24) is 9.88 Å². The predicted octanol–water partition coefficient (Wildman–Crippen LogP) is 5.53. The zero-order chi connectivity index (χ0) is 21.4. The van der Waals surface area contributed by atoms with Crippen molar-refractivity contribution in [3.63, 3.8) is 0 Å². The zero-order valence-electron chi connectivity index (χ0n) is 17.3. The summed E-state index contributed by atoms with van der Waals surface area (Å²) in [5.41, 5.74) is 3.14. The molecule has 3 aromatic rings. The van der Waals surface area contributed by atoms with Crippen molar-refractivity contribution in [3.8, 4) is 0 Å². The van der Waals surface area contributed by atoms with Crippen LogP contribution in [0.3, 0.4) is 0 Å². The van der Waals surface area contributed by atoms with Crippen LogP contribution in [0.15, 0.2) is 52.0 Å². The van der Waals surface area contributed by atoms with Gasteiger partial charge in [0.1, 0.15) is 15.9 Å². The fourth-order valence-corrected chi connectivity index (χ4v) is 5.35. The topological polar surface area (TPSA) is 49.6 Å². The number of nitrogens with zero attached hydrogens (tertiary/aromatic N) is 3. The number of amides is 1. The molecular weight excluding hydrogens is 426 g/mol. The average molecular weight is 450 g/mol. The first kappa shape index (κ1) is 20.3. The summed E-state index contributed by atoms with van der Waals surface area (Å²) in [6, 6.07) is 12.1. The fraction of sp³-hybridized carbons (Fsp3) is 0.292. The number of carbonyl (C=O) groups is 1. The van der Waals surface area contributed by atoms with Crippen molar-refractivity contribution in [2.75, 3.05) is 18.0 Å². The van der Waals surface area contributed by atoms with Gasteiger partial charge in [-0.3, -0.25) is 9.69 Å². The predicted molar refractivity (Wildman–Crippen MR) is 130 cm³/mol. The number of hydrogen-bond donors (Lipinski definition) is 0. The molecule has 0 bridgehead atoms. The van der Waals surface area contributed by atoms with E-state index in [0.717, 1.165) is 54.0 Å². The highest BCUT2D eigenvalue weighted by molar-refractivity contribution is 8.26. The Morgan fingerprint density at radius 2 is 2.03 bits per heavy atom. The van der Waals surface area contributed by atoms with E-state index < -0.39 is 0 Å². The van der Waals surface area contributed by atoms with Crippen LogP contribution in [0.25, 0.3) is 17.0 Å². The van der Waals surface area contributed by atoms with E-state index in [1.165, 1.54) is 23.7 Å². The molecule has 0 atom stereocenters. The first-order valence-corrected chi connectivity index (χ1v) is 11.7. The molecule has 0 aliphatic carbocycles. The number of rotatable bonds is 4. The number of aryl methyl sites for hydroxylation is 1. The lowest BCUT2D eigenvalue weighted by molar-refractivity contribution is -0.122. The number of pyridine rings is 1. The molecule has 7 heteroatoms. The van der Waals surface area contributed by atoms with Crippen molar-refractivity contribution < 1.29 is 9.21 Å². The van der Waals surface area contributed by atoms with Crippen LogP contribution in [0, 0.1) is 6.92 Å². The summed E-state index contributed by atoms with van der Waals surface area (Å²) < 4.78 is 5.96. The van der Waals surface area contributed by atoms with Gasteiger partial charge < -0.3 is 9.32 Å². The number of piperidine rings is 1. The molecule has 2 saturated heterocycles. The van der Waals surface area contributed by atoms with Gasteiger partial charge in [-0.1, -0.05) is 35.6 Å². The number of hydrogen-bond acceptors (Lipinski definition) is 6. The Morgan fingerprint density at radius 1 is 1.19 bits per heavy atom. The van der Waals surface area contributed by atoms with Crippen molar-refractivity contribution in [3.05, 3.63) is 64.5 Å². The van der Waals surface area contributed by atoms with Crippen LogP contribution >= 0.6 is 24.0 Å². The smallest absolute Gasteiger partial charge is 0.266 e. The van der Waals surface area contributed by atoms with E-state index in [9.17, 15) is 4.79 Å². The SMILES string of the molecule is Cc1ccc2nc(N3CCCCC3)c(/C=C3\SC(=S)N(Cc4ccco4)C3=O)cc2c1. The van der Waals surface area contributed by atoms with Gasteiger partial charge in [-0.15, -0.1) is 0 Å². The molecular formula is C24H23N3O2S2. The molecule has 1 aromatic carbocycles. The maximum absolute atomic E-state index is 13.1. The van der Waals surface area contributed by atoms with E-state index in [2.05, 4.69) is 36.1 Å². The van der Waals surface area contributed by atoms with E-state index in [0.29, 0.717) is 15.8 Å². The Hall–Kier alpha value is -2.64. The van der Waals surface area contributed by atoms with Crippen LogP contribution in [-0.4, -0.2) is 33.2 Å². The lowest BCUT2D eigenvalue weighted by Crippen LogP contribution is -2.30. The summed E-state index contributed by atoms with van der Waals surface area (Å²) in [6.45, 7) is 4.41. The second kappa shape index (κ2) is 8.48. The van der Waals surface area contributed by atoms with Crippen LogP contribution in [0.4, 0.5) is 5.82 Å². The van der Waals surface area contributed by atoms with E-state index in [-0.39, 0.29) is 5.91 Å². The molecule has 31 heavy (non-hydrogen) atoms. The number of anilines is 1. The molecule has 0 saturated carbocycles. The Labute approximate surface area is 191 Å². The number of fused-ring (bicyclic) bond motifs is 1. The fourth-order valence-electron chi connectivity index (χ4n) is 4.10. The molecule has 5 nitrogen and oxygen atoms in total. The highest BCUT2D eigenvalue weighted by Crippen LogP contribution is 2.36. The molecule has 158 valence electrons. The van der Waals surface area contributed by atoms with Gasteiger partial charge in [-0.05, 0) is 62.6 Å². The molecule has 2 aromatic heterocycles. The summed E-state index contributed by atoms with van der Waals surface area (Å²) >= 11 is 6.84. The van der Waals surface area contributed by atoms with E-state index >= 15 is 0 Å². The lowest BCUT2D eigenvalue weighted by atomic mass is 10.1. The van der Waals surface area contributed by atoms with Gasteiger partial charge >= 0.3 is 0 Å². The molecule has 4 heterocycles. The first-order valence-electron chi connectivity index (χ1n) is 10.5. The van der Waals surface area contributed by atoms with Gasteiger partial charge in [0.05, 0.1) is 23.2 Å². The molecule has 1 amide bonds. The third-order valence-corrected chi connectivity index (χ3v) is 7.07. The average Bonchev–Trinajstić information content (AvgIpc) is 3.38. The minimum Gasteiger partial charge on any atom is -0.467 e. The molecule has 5 rings (SSSR count). The van der Waals surface area contributed by atoms with Gasteiger partial charge in [-0.2, -0.15) is 0 Å². The quantitative estimate of drug-likeness (QED) is 0.386. The second-order valence-electron chi connectivity index (χ2n) is 7.99. The highest BCUT2D eigenvalue weighted by Gasteiger charge is 2.33. The van der Waals surface area contributed by atoms with Crippen LogP contribution in [0.2, 0.25) is 0 Å². The Kier molecular flexibility index (Phi) is 5.54. The Bertz CT molecular complexity index is 1180. The third kappa shape index (κ3) is 4.12. The number of aromatic nitrogens is 1. The first-order chi connectivity index (χ1) is 15.1. The molecule has 2 fully saturated rings. The van der Waals surface area contributed by atoms with Crippen molar-refractivity contribution in [1.29, 1.82) is 0 Å². The summed E-state index contributed by atoms with van der Waals surface area (Å²) in [5, 5.41) is 1.08. The zero-order valence-corrected chi connectivity index (χ0v) is 19.0. The van der Waals surface area contributed by atoms with E-state index in [4.69, 9.17) is 21.6 Å². The molecule has 0 N–H and O–H groups in total. The lowest BCUT2D eigenvalue weighted by Gasteiger charge is -2.29. The minimum atomic E-state index is -0.0830. The normalized spacial score (nSPS) is 18.5. The number of thioether (sulfide) groups is 1. The van der Waals surface area contributed by atoms with Gasteiger partial charge in [0, 0.05) is 24.0 Å². The summed E-state index contributed by atoms with van der Waals surface area (Å²) in [4.78, 5) is 22.7. The Balaban J connectivity index is 1.54. The van der Waals surface area contributed by atoms with Crippen molar-refractivity contribution in [2.45, 2.75) is 32.7 Å². The highest BCUT2D eigenvalue weighted by atomic mass is 32.2. The second-order valence-corrected chi connectivity index (χ2v) is 9.67. The van der Waals surface area contributed by atoms with Gasteiger partial charge in [-0.25, -0.2) is 4.98 Å². The molecule has 0 radical (unpaired) electrons. The third-order valence-electron chi connectivity index (χ3n) is 5.69. The summed E-state index contributed by atoms with van der Waals surface area (Å²) in [6.07, 6.45) is 7.15. The van der Waals surface area contributed by atoms with Crippen LogP contribution in [-0.2, 0) is 11.3 Å². The molecule has 2 aliphatic heterocycles. The summed E-state index contributed by atoms with van der Waals surface area (Å²) in [5.74, 6) is 1.59. The van der Waals surface area contributed by atoms with Gasteiger partial charge in [0.15, 0.2) is 0 Å². The number of carbonyl (C=O) groups excluding carboxylic acids is 1. The molecule has 0 spiro atoms. The monoisotopic (exact) mass is 449 g/mol. The maximum Gasteiger partial charge on any atom is 0.266 e. The Morgan fingerprint density at radius 3 is 2.81 bits per heavy atom. The summed E-state index contributed by atoms with van der Waals surface area (Å²) in [7, 11) is 0. The van der Waals surface area contributed by atoms with Crippen LogP contribution < -0.4 is 4.90 Å². The van der Waals surface area contributed by atoms with E-state index in [1.54, 1.807) is 11.2 Å². The minimum absolute atomic E-state index is 0.0830. The number of furan rings is 1.